The fourth-order valence-corrected chi connectivity index (χ4v) is 3.24. The largest absolute Gasteiger partial charge is 0.342 e. The maximum absolute atomic E-state index is 9.05. The molecule has 1 aliphatic rings. The zero-order valence-electron chi connectivity index (χ0n) is 13.0. The minimum Gasteiger partial charge on any atom is -0.342 e. The number of likely N-dealkylation sites (tertiary alicyclic amines) is 1. The average molecular weight is 313 g/mol. The second-order valence-electron chi connectivity index (χ2n) is 6.08. The molecule has 2 aromatic carbocycles. The molecule has 116 valence electrons. The summed E-state index contributed by atoms with van der Waals surface area (Å²) in [5.41, 5.74) is 4.64. The Morgan fingerprint density at radius 3 is 2.79 bits per heavy atom. The van der Waals surface area contributed by atoms with Gasteiger partial charge in [0.2, 0.25) is 0 Å². The molecule has 1 atom stereocenters. The van der Waals surface area contributed by atoms with Gasteiger partial charge in [-0.05, 0) is 41.8 Å². The number of benzene rings is 2. The molecule has 1 aromatic heterocycles. The molecule has 1 aliphatic heterocycles. The number of imidazole rings is 1. The van der Waals surface area contributed by atoms with Crippen LogP contribution in [-0.2, 0) is 0 Å². The summed E-state index contributed by atoms with van der Waals surface area (Å²) < 4.78 is 0. The van der Waals surface area contributed by atoms with Crippen LogP contribution in [0.25, 0.3) is 22.2 Å². The van der Waals surface area contributed by atoms with Gasteiger partial charge in [-0.1, -0.05) is 18.2 Å². The van der Waals surface area contributed by atoms with Crippen molar-refractivity contribution in [2.75, 3.05) is 13.1 Å². The summed E-state index contributed by atoms with van der Waals surface area (Å²) >= 11 is 0. The van der Waals surface area contributed by atoms with Crippen LogP contribution >= 0.6 is 0 Å². The molecular weight excluding hydrogens is 298 g/mol. The Hall–Kier alpha value is -3.31. The van der Waals surface area contributed by atoms with E-state index in [-0.39, 0.29) is 5.92 Å². The summed E-state index contributed by atoms with van der Waals surface area (Å²) in [6.45, 7) is 1.53. The molecule has 1 fully saturated rings. The number of hydrogen-bond acceptors (Lipinski definition) is 4. The van der Waals surface area contributed by atoms with E-state index in [0.29, 0.717) is 5.56 Å². The van der Waals surface area contributed by atoms with Crippen LogP contribution in [0.1, 0.15) is 23.7 Å². The molecule has 3 aromatic rings. The van der Waals surface area contributed by atoms with Crippen molar-refractivity contribution in [2.24, 2.45) is 0 Å². The van der Waals surface area contributed by atoms with Gasteiger partial charge < -0.3 is 9.88 Å². The second kappa shape index (κ2) is 5.72. The molecule has 5 nitrogen and oxygen atoms in total. The third kappa shape index (κ3) is 2.47. The van der Waals surface area contributed by atoms with Gasteiger partial charge in [0.1, 0.15) is 5.82 Å². The van der Waals surface area contributed by atoms with Crippen molar-refractivity contribution < 1.29 is 0 Å². The smallest absolute Gasteiger partial charge is 0.179 e. The van der Waals surface area contributed by atoms with Gasteiger partial charge in [0.05, 0.1) is 22.7 Å². The summed E-state index contributed by atoms with van der Waals surface area (Å²) in [7, 11) is 0. The number of H-pyrrole nitrogens is 1. The van der Waals surface area contributed by atoms with Gasteiger partial charge in [-0.15, -0.1) is 0 Å². The molecule has 1 N–H and O–H groups in total. The van der Waals surface area contributed by atoms with Gasteiger partial charge in [-0.3, -0.25) is 0 Å². The Morgan fingerprint density at radius 2 is 2.00 bits per heavy atom. The van der Waals surface area contributed by atoms with E-state index < -0.39 is 0 Å². The highest BCUT2D eigenvalue weighted by molar-refractivity contribution is 5.82. The van der Waals surface area contributed by atoms with E-state index in [0.717, 1.165) is 47.5 Å². The van der Waals surface area contributed by atoms with Crippen LogP contribution in [0.4, 0.5) is 0 Å². The molecule has 1 unspecified atom stereocenters. The highest BCUT2D eigenvalue weighted by atomic mass is 15.1. The number of aromatic amines is 1. The minimum absolute atomic E-state index is 0.280. The van der Waals surface area contributed by atoms with Gasteiger partial charge in [0, 0.05) is 19.0 Å². The van der Waals surface area contributed by atoms with E-state index in [9.17, 15) is 0 Å². The monoisotopic (exact) mass is 313 g/mol. The summed E-state index contributed by atoms with van der Waals surface area (Å²) in [5, 5.41) is 18.1. The quantitative estimate of drug-likeness (QED) is 0.736. The van der Waals surface area contributed by atoms with Crippen LogP contribution in [-0.4, -0.2) is 28.0 Å². The van der Waals surface area contributed by atoms with Crippen molar-refractivity contribution in [1.29, 1.82) is 10.5 Å². The molecule has 0 saturated carbocycles. The van der Waals surface area contributed by atoms with Crippen LogP contribution in [0.2, 0.25) is 0 Å². The zero-order valence-corrected chi connectivity index (χ0v) is 13.0. The minimum atomic E-state index is 0.280. The Kier molecular flexibility index (Phi) is 3.40. The summed E-state index contributed by atoms with van der Waals surface area (Å²) in [6, 6.07) is 15.9. The molecule has 0 aliphatic carbocycles. The summed E-state index contributed by atoms with van der Waals surface area (Å²) in [4.78, 5) is 9.87. The first-order valence-corrected chi connectivity index (χ1v) is 7.92. The zero-order chi connectivity index (χ0) is 16.5. The van der Waals surface area contributed by atoms with Crippen molar-refractivity contribution in [3.8, 4) is 23.4 Å². The number of nitriles is 2. The first-order valence-electron chi connectivity index (χ1n) is 7.92. The van der Waals surface area contributed by atoms with E-state index in [1.807, 2.05) is 30.3 Å². The number of nitrogens with one attached hydrogen (secondary N) is 1. The average Bonchev–Trinajstić information content (AvgIpc) is 3.27. The topological polar surface area (TPSA) is 79.5 Å². The Bertz CT molecular complexity index is 989. The van der Waals surface area contributed by atoms with Crippen molar-refractivity contribution >= 4 is 11.0 Å². The Labute approximate surface area is 139 Å². The standard InChI is InChI=1S/C19H15N5/c20-10-13-2-1-3-14(8-13)15-4-5-17-18(9-15)23-19(22-17)16-6-7-24(11-16)12-21/h1-5,8-9,16H,6-7,11H2,(H,22,23). The van der Waals surface area contributed by atoms with Gasteiger partial charge in [0.25, 0.3) is 0 Å². The molecule has 2 heterocycles. The fourth-order valence-electron chi connectivity index (χ4n) is 3.24. The van der Waals surface area contributed by atoms with Crippen LogP contribution in [0.3, 0.4) is 0 Å². The molecule has 24 heavy (non-hydrogen) atoms. The molecule has 4 rings (SSSR count). The van der Waals surface area contributed by atoms with Crippen molar-refractivity contribution in [3.05, 3.63) is 53.9 Å². The second-order valence-corrected chi connectivity index (χ2v) is 6.08. The van der Waals surface area contributed by atoms with Crippen molar-refractivity contribution in [2.45, 2.75) is 12.3 Å². The van der Waals surface area contributed by atoms with E-state index in [2.05, 4.69) is 28.3 Å². The lowest BCUT2D eigenvalue weighted by Gasteiger charge is -2.05. The first kappa shape index (κ1) is 14.3. The summed E-state index contributed by atoms with van der Waals surface area (Å²) in [5.74, 6) is 1.23. The van der Waals surface area contributed by atoms with Gasteiger partial charge in [0.15, 0.2) is 6.19 Å². The lowest BCUT2D eigenvalue weighted by molar-refractivity contribution is 0.477. The predicted octanol–water partition coefficient (Wildman–Crippen LogP) is 3.37. The van der Waals surface area contributed by atoms with Gasteiger partial charge in [-0.2, -0.15) is 10.5 Å². The van der Waals surface area contributed by atoms with Crippen molar-refractivity contribution in [3.63, 3.8) is 0 Å². The third-order valence-electron chi connectivity index (χ3n) is 4.54. The summed E-state index contributed by atoms with van der Waals surface area (Å²) in [6.07, 6.45) is 3.15. The maximum atomic E-state index is 9.05. The number of aromatic nitrogens is 2. The van der Waals surface area contributed by atoms with Gasteiger partial charge >= 0.3 is 0 Å². The molecule has 0 amide bonds. The molecule has 0 radical (unpaired) electrons. The van der Waals surface area contributed by atoms with E-state index in [1.165, 1.54) is 0 Å². The lowest BCUT2D eigenvalue weighted by Crippen LogP contribution is -2.13. The number of fused-ring (bicyclic) bond motifs is 1. The van der Waals surface area contributed by atoms with E-state index >= 15 is 0 Å². The fraction of sp³-hybridized carbons (Fsp3) is 0.211. The molecule has 1 saturated heterocycles. The van der Waals surface area contributed by atoms with Crippen LogP contribution in [0.15, 0.2) is 42.5 Å². The molecule has 0 bridgehead atoms. The predicted molar refractivity (Wildman–Crippen MR) is 90.8 cm³/mol. The number of nitrogens with zero attached hydrogens (tertiary/aromatic N) is 4. The highest BCUT2D eigenvalue weighted by Crippen LogP contribution is 2.29. The molecule has 0 spiro atoms. The van der Waals surface area contributed by atoms with Crippen LogP contribution < -0.4 is 0 Å². The normalized spacial score (nSPS) is 16.9. The number of rotatable bonds is 2. The van der Waals surface area contributed by atoms with Crippen LogP contribution in [0, 0.1) is 22.8 Å². The highest BCUT2D eigenvalue weighted by Gasteiger charge is 2.25. The lowest BCUT2D eigenvalue weighted by atomic mass is 10.0. The Morgan fingerprint density at radius 1 is 1.12 bits per heavy atom. The number of hydrogen-bond donors (Lipinski definition) is 1. The Balaban J connectivity index is 1.69. The van der Waals surface area contributed by atoms with Crippen LogP contribution in [0.5, 0.6) is 0 Å². The third-order valence-corrected chi connectivity index (χ3v) is 4.54. The maximum Gasteiger partial charge on any atom is 0.179 e. The molecular formula is C19H15N5. The van der Waals surface area contributed by atoms with E-state index in [1.54, 1.807) is 11.0 Å². The van der Waals surface area contributed by atoms with Crippen molar-refractivity contribution in [1.82, 2.24) is 14.9 Å². The van der Waals surface area contributed by atoms with E-state index in [4.69, 9.17) is 10.5 Å². The first-order chi connectivity index (χ1) is 11.8. The van der Waals surface area contributed by atoms with Gasteiger partial charge in [-0.25, -0.2) is 4.98 Å². The molecule has 5 heteroatoms. The SMILES string of the molecule is N#Cc1cccc(-c2ccc3nc(C4CCN(C#N)C4)[nH]c3c2)c1.